The first kappa shape index (κ1) is 13.7. The van der Waals surface area contributed by atoms with Crippen molar-refractivity contribution >= 4 is 5.97 Å². The predicted octanol–water partition coefficient (Wildman–Crippen LogP) is 0.466. The maximum Gasteiger partial charge on any atom is 0.372 e. The summed E-state index contributed by atoms with van der Waals surface area (Å²) in [5, 5.41) is 20.4. The molecule has 0 saturated heterocycles. The van der Waals surface area contributed by atoms with Crippen LogP contribution in [0.15, 0.2) is 16.7 Å². The Morgan fingerprint density at radius 3 is 3.00 bits per heavy atom. The van der Waals surface area contributed by atoms with Gasteiger partial charge in [0, 0.05) is 18.7 Å². The summed E-state index contributed by atoms with van der Waals surface area (Å²) in [6.45, 7) is 2.13. The fourth-order valence-electron chi connectivity index (χ4n) is 1.35. The van der Waals surface area contributed by atoms with Gasteiger partial charge in [-0.3, -0.25) is 0 Å². The number of aromatic carboxylic acids is 1. The lowest BCUT2D eigenvalue weighted by Gasteiger charge is -2.04. The molecule has 6 nitrogen and oxygen atoms in total. The lowest BCUT2D eigenvalue weighted by molar-refractivity contribution is 0.0660. The molecule has 0 aliphatic rings. The number of hydrogen-bond donors (Lipinski definition) is 3. The van der Waals surface area contributed by atoms with Crippen LogP contribution in [0.25, 0.3) is 0 Å². The van der Waals surface area contributed by atoms with E-state index in [2.05, 4.69) is 5.32 Å². The van der Waals surface area contributed by atoms with Crippen LogP contribution in [-0.4, -0.2) is 42.5 Å². The minimum atomic E-state index is -1.06. The zero-order valence-electron chi connectivity index (χ0n) is 9.52. The van der Waals surface area contributed by atoms with Gasteiger partial charge in [0.1, 0.15) is 0 Å². The average Bonchev–Trinajstić information content (AvgIpc) is 2.76. The van der Waals surface area contributed by atoms with Crippen molar-refractivity contribution < 1.29 is 24.2 Å². The normalized spacial score (nSPS) is 10.6. The van der Waals surface area contributed by atoms with Crippen molar-refractivity contribution in [2.75, 3.05) is 26.4 Å². The van der Waals surface area contributed by atoms with Gasteiger partial charge in [-0.05, 0) is 19.0 Å². The number of furan rings is 1. The molecule has 0 atom stereocenters. The summed E-state index contributed by atoms with van der Waals surface area (Å²) >= 11 is 0. The number of carboxylic acids is 1. The Kier molecular flexibility index (Phi) is 6.31. The fraction of sp³-hybridized carbons (Fsp3) is 0.545. The molecule has 0 saturated carbocycles. The van der Waals surface area contributed by atoms with E-state index in [1.165, 1.54) is 6.26 Å². The molecule has 0 aliphatic heterocycles. The van der Waals surface area contributed by atoms with Crippen molar-refractivity contribution in [2.24, 2.45) is 0 Å². The smallest absolute Gasteiger partial charge is 0.372 e. The molecule has 3 N–H and O–H groups in total. The van der Waals surface area contributed by atoms with E-state index in [1.807, 2.05) is 0 Å². The second kappa shape index (κ2) is 7.83. The molecule has 0 aliphatic carbocycles. The van der Waals surface area contributed by atoms with Crippen LogP contribution in [0.4, 0.5) is 0 Å². The van der Waals surface area contributed by atoms with Gasteiger partial charge in [-0.25, -0.2) is 4.79 Å². The Morgan fingerprint density at radius 1 is 1.47 bits per heavy atom. The lowest BCUT2D eigenvalue weighted by Crippen LogP contribution is -2.17. The van der Waals surface area contributed by atoms with Crippen molar-refractivity contribution in [1.82, 2.24) is 5.32 Å². The molecular weight excluding hydrogens is 226 g/mol. The predicted molar refractivity (Wildman–Crippen MR) is 59.9 cm³/mol. The number of carboxylic acid groups (broad SMARTS) is 1. The van der Waals surface area contributed by atoms with E-state index in [-0.39, 0.29) is 12.4 Å². The highest BCUT2D eigenvalue weighted by molar-refractivity contribution is 5.86. The Labute approximate surface area is 99.2 Å². The van der Waals surface area contributed by atoms with Crippen molar-refractivity contribution in [3.63, 3.8) is 0 Å². The Morgan fingerprint density at radius 2 is 2.29 bits per heavy atom. The minimum absolute atomic E-state index is 0.0194. The molecule has 6 heteroatoms. The minimum Gasteiger partial charge on any atom is -0.475 e. The number of hydrogen-bond acceptors (Lipinski definition) is 5. The van der Waals surface area contributed by atoms with E-state index >= 15 is 0 Å². The van der Waals surface area contributed by atoms with Crippen molar-refractivity contribution in [1.29, 1.82) is 0 Å². The van der Waals surface area contributed by atoms with Gasteiger partial charge in [0.25, 0.3) is 0 Å². The summed E-state index contributed by atoms with van der Waals surface area (Å²) in [6, 6.07) is 1.64. The van der Waals surface area contributed by atoms with Crippen LogP contribution in [0.2, 0.25) is 0 Å². The van der Waals surface area contributed by atoms with Crippen molar-refractivity contribution in [2.45, 2.75) is 13.0 Å². The van der Waals surface area contributed by atoms with Crippen molar-refractivity contribution in [3.8, 4) is 0 Å². The second-order valence-electron chi connectivity index (χ2n) is 3.45. The molecule has 0 fully saturated rings. The van der Waals surface area contributed by atoms with E-state index in [4.69, 9.17) is 19.4 Å². The first-order chi connectivity index (χ1) is 8.25. The van der Waals surface area contributed by atoms with Gasteiger partial charge in [0.2, 0.25) is 5.76 Å². The maximum atomic E-state index is 10.7. The lowest BCUT2D eigenvalue weighted by atomic mass is 10.2. The van der Waals surface area contributed by atoms with E-state index in [1.54, 1.807) is 6.07 Å². The number of carbonyl (C=O) groups is 1. The second-order valence-corrected chi connectivity index (χ2v) is 3.45. The first-order valence-electron chi connectivity index (χ1n) is 5.44. The van der Waals surface area contributed by atoms with Gasteiger partial charge in [-0.15, -0.1) is 0 Å². The van der Waals surface area contributed by atoms with Gasteiger partial charge in [-0.2, -0.15) is 0 Å². The van der Waals surface area contributed by atoms with Crippen LogP contribution in [0, 0.1) is 0 Å². The number of aliphatic hydroxyl groups is 1. The third kappa shape index (κ3) is 4.99. The molecule has 0 bridgehead atoms. The number of nitrogens with one attached hydrogen (secondary N) is 1. The van der Waals surface area contributed by atoms with E-state index in [0.717, 1.165) is 13.0 Å². The van der Waals surface area contributed by atoms with Gasteiger partial charge in [-0.1, -0.05) is 0 Å². The third-order valence-electron chi connectivity index (χ3n) is 2.13. The highest BCUT2D eigenvalue weighted by Gasteiger charge is 2.12. The molecule has 1 heterocycles. The van der Waals surface area contributed by atoms with Gasteiger partial charge < -0.3 is 24.7 Å². The van der Waals surface area contributed by atoms with Crippen molar-refractivity contribution in [3.05, 3.63) is 23.7 Å². The third-order valence-corrected chi connectivity index (χ3v) is 2.13. The number of ether oxygens (including phenoxy) is 1. The van der Waals surface area contributed by atoms with Crippen LogP contribution in [0.5, 0.6) is 0 Å². The van der Waals surface area contributed by atoms with Crippen LogP contribution in [-0.2, 0) is 11.3 Å². The Bertz CT molecular complexity index is 336. The molecule has 96 valence electrons. The first-order valence-corrected chi connectivity index (χ1v) is 5.44. The summed E-state index contributed by atoms with van der Waals surface area (Å²) in [6.07, 6.45) is 2.17. The number of rotatable bonds is 9. The molecular formula is C11H17NO5. The summed E-state index contributed by atoms with van der Waals surface area (Å²) in [5.74, 6) is -1.08. The summed E-state index contributed by atoms with van der Waals surface area (Å²) in [7, 11) is 0. The van der Waals surface area contributed by atoms with Crippen LogP contribution >= 0.6 is 0 Å². The van der Waals surface area contributed by atoms with Gasteiger partial charge in [0.05, 0.1) is 19.5 Å². The van der Waals surface area contributed by atoms with E-state index in [0.29, 0.717) is 25.3 Å². The molecule has 0 aromatic carbocycles. The fourth-order valence-corrected chi connectivity index (χ4v) is 1.35. The quantitative estimate of drug-likeness (QED) is 0.546. The van der Waals surface area contributed by atoms with Crippen LogP contribution in [0.1, 0.15) is 22.5 Å². The summed E-state index contributed by atoms with van der Waals surface area (Å²) in [4.78, 5) is 10.7. The molecule has 1 aromatic heterocycles. The highest BCUT2D eigenvalue weighted by Crippen LogP contribution is 2.09. The Balaban J connectivity index is 2.14. The largest absolute Gasteiger partial charge is 0.475 e. The highest BCUT2D eigenvalue weighted by atomic mass is 16.5. The average molecular weight is 243 g/mol. The summed E-state index contributed by atoms with van der Waals surface area (Å²) in [5.41, 5.74) is 0.633. The molecule has 0 amide bonds. The molecule has 0 unspecified atom stereocenters. The van der Waals surface area contributed by atoms with E-state index in [9.17, 15) is 4.79 Å². The molecule has 17 heavy (non-hydrogen) atoms. The molecule has 0 spiro atoms. The maximum absolute atomic E-state index is 10.7. The Hall–Kier alpha value is -1.37. The number of aliphatic hydroxyl groups excluding tert-OH is 1. The standard InChI is InChI=1S/C11H17NO5/c13-4-7-16-5-1-3-12-8-9-2-6-17-10(9)11(14)15/h2,6,12-13H,1,3-5,7-8H2,(H,14,15). The zero-order chi connectivity index (χ0) is 12.5. The molecule has 1 rings (SSSR count). The van der Waals surface area contributed by atoms with E-state index < -0.39 is 5.97 Å². The molecule has 1 aromatic rings. The monoisotopic (exact) mass is 243 g/mol. The SMILES string of the molecule is O=C(O)c1occc1CNCCCOCCO. The summed E-state index contributed by atoms with van der Waals surface area (Å²) < 4.78 is 9.92. The van der Waals surface area contributed by atoms with Gasteiger partial charge in [0.15, 0.2) is 0 Å². The molecule has 0 radical (unpaired) electrons. The van der Waals surface area contributed by atoms with Crippen LogP contribution in [0.3, 0.4) is 0 Å². The van der Waals surface area contributed by atoms with Crippen LogP contribution < -0.4 is 5.32 Å². The zero-order valence-corrected chi connectivity index (χ0v) is 9.52. The van der Waals surface area contributed by atoms with Gasteiger partial charge >= 0.3 is 5.97 Å². The topological polar surface area (TPSA) is 91.9 Å².